The van der Waals surface area contributed by atoms with Crippen molar-refractivity contribution in [2.75, 3.05) is 0 Å². The third kappa shape index (κ3) is 2.11. The van der Waals surface area contributed by atoms with Gasteiger partial charge < -0.3 is 4.74 Å². The smallest absolute Gasteiger partial charge is 0.271 e. The van der Waals surface area contributed by atoms with Crippen molar-refractivity contribution < 1.29 is 4.74 Å². The molecule has 1 rings (SSSR count). The lowest BCUT2D eigenvalue weighted by atomic mass is 10.3. The Hall–Kier alpha value is -0.350. The SMILES string of the molecule is NNC(=S)OC1CCCC1. The Morgan fingerprint density at radius 1 is 1.50 bits per heavy atom. The molecular formula is C6H12N2OS. The first-order valence-electron chi connectivity index (χ1n) is 3.50. The van der Waals surface area contributed by atoms with Crippen LogP contribution in [0.3, 0.4) is 0 Å². The van der Waals surface area contributed by atoms with E-state index in [1.54, 1.807) is 0 Å². The van der Waals surface area contributed by atoms with Crippen LogP contribution in [0.4, 0.5) is 0 Å². The molecule has 1 aliphatic rings. The summed E-state index contributed by atoms with van der Waals surface area (Å²) in [5.41, 5.74) is 2.30. The van der Waals surface area contributed by atoms with Crippen molar-refractivity contribution >= 4 is 17.4 Å². The van der Waals surface area contributed by atoms with Crippen LogP contribution in [0.1, 0.15) is 25.7 Å². The number of nitrogens with one attached hydrogen (secondary N) is 1. The third-order valence-electron chi connectivity index (χ3n) is 1.69. The van der Waals surface area contributed by atoms with Gasteiger partial charge in [-0.05, 0) is 37.9 Å². The van der Waals surface area contributed by atoms with Gasteiger partial charge in [0.2, 0.25) is 0 Å². The van der Waals surface area contributed by atoms with Crippen LogP contribution in [0.25, 0.3) is 0 Å². The molecule has 0 bridgehead atoms. The van der Waals surface area contributed by atoms with Gasteiger partial charge in [-0.25, -0.2) is 5.84 Å². The summed E-state index contributed by atoms with van der Waals surface area (Å²) >= 11 is 4.73. The summed E-state index contributed by atoms with van der Waals surface area (Å²) in [6.07, 6.45) is 5.03. The highest BCUT2D eigenvalue weighted by Gasteiger charge is 2.16. The number of thiocarbonyl (C=S) groups is 1. The van der Waals surface area contributed by atoms with Gasteiger partial charge in [0.05, 0.1) is 0 Å². The summed E-state index contributed by atoms with van der Waals surface area (Å²) in [5.74, 6) is 5.03. The summed E-state index contributed by atoms with van der Waals surface area (Å²) in [4.78, 5) is 0. The second-order valence-electron chi connectivity index (χ2n) is 2.46. The standard InChI is InChI=1S/C6H12N2OS/c7-8-6(10)9-5-3-1-2-4-5/h5H,1-4,7H2,(H,8,10). The molecule has 58 valence electrons. The van der Waals surface area contributed by atoms with Crippen molar-refractivity contribution in [2.45, 2.75) is 31.8 Å². The lowest BCUT2D eigenvalue weighted by Crippen LogP contribution is -2.32. The maximum absolute atomic E-state index is 5.26. The summed E-state index contributed by atoms with van der Waals surface area (Å²) in [5, 5.41) is 0.312. The number of hydrazine groups is 1. The highest BCUT2D eigenvalue weighted by molar-refractivity contribution is 7.80. The van der Waals surface area contributed by atoms with Crippen molar-refractivity contribution in [3.63, 3.8) is 0 Å². The Kier molecular flexibility index (Phi) is 2.89. The second kappa shape index (κ2) is 3.73. The molecule has 0 unspecified atom stereocenters. The number of ether oxygens (including phenoxy) is 1. The first-order chi connectivity index (χ1) is 4.83. The maximum Gasteiger partial charge on any atom is 0.271 e. The average molecular weight is 160 g/mol. The fourth-order valence-corrected chi connectivity index (χ4v) is 1.33. The van der Waals surface area contributed by atoms with Crippen LogP contribution in [-0.4, -0.2) is 11.3 Å². The van der Waals surface area contributed by atoms with Crippen molar-refractivity contribution in [1.29, 1.82) is 0 Å². The van der Waals surface area contributed by atoms with E-state index in [1.165, 1.54) is 12.8 Å². The van der Waals surface area contributed by atoms with Gasteiger partial charge in [0.15, 0.2) is 0 Å². The zero-order chi connectivity index (χ0) is 7.40. The van der Waals surface area contributed by atoms with Crippen molar-refractivity contribution in [2.24, 2.45) is 5.84 Å². The summed E-state index contributed by atoms with van der Waals surface area (Å²) < 4.78 is 5.26. The van der Waals surface area contributed by atoms with E-state index in [-0.39, 0.29) is 0 Å². The van der Waals surface area contributed by atoms with Crippen molar-refractivity contribution in [3.05, 3.63) is 0 Å². The van der Waals surface area contributed by atoms with Gasteiger partial charge >= 0.3 is 0 Å². The molecule has 1 fully saturated rings. The molecule has 0 atom stereocenters. The van der Waals surface area contributed by atoms with Gasteiger partial charge in [0.25, 0.3) is 5.17 Å². The van der Waals surface area contributed by atoms with Crippen LogP contribution in [0.15, 0.2) is 0 Å². The van der Waals surface area contributed by atoms with E-state index in [1.807, 2.05) is 0 Å². The molecule has 3 N–H and O–H groups in total. The van der Waals surface area contributed by atoms with Crippen LogP contribution < -0.4 is 11.3 Å². The highest BCUT2D eigenvalue weighted by Crippen LogP contribution is 2.20. The zero-order valence-electron chi connectivity index (χ0n) is 5.80. The molecule has 1 aliphatic carbocycles. The van der Waals surface area contributed by atoms with Crippen molar-refractivity contribution in [1.82, 2.24) is 5.43 Å². The molecule has 10 heavy (non-hydrogen) atoms. The van der Waals surface area contributed by atoms with Gasteiger partial charge in [-0.3, -0.25) is 5.43 Å². The van der Waals surface area contributed by atoms with Crippen LogP contribution in [0.2, 0.25) is 0 Å². The zero-order valence-corrected chi connectivity index (χ0v) is 6.62. The van der Waals surface area contributed by atoms with E-state index >= 15 is 0 Å². The predicted molar refractivity (Wildman–Crippen MR) is 43.3 cm³/mol. The molecule has 0 aromatic heterocycles. The molecule has 0 aromatic rings. The molecule has 4 heteroatoms. The summed E-state index contributed by atoms with van der Waals surface area (Å²) in [7, 11) is 0. The molecule has 3 nitrogen and oxygen atoms in total. The Bertz CT molecular complexity index is 123. The van der Waals surface area contributed by atoms with Gasteiger partial charge in [0.1, 0.15) is 6.10 Å². The largest absolute Gasteiger partial charge is 0.467 e. The molecule has 0 saturated heterocycles. The Labute approximate surface area is 65.9 Å². The molecule has 0 aromatic carbocycles. The minimum absolute atomic E-state index is 0.309. The van der Waals surface area contributed by atoms with Crippen LogP contribution >= 0.6 is 12.2 Å². The maximum atomic E-state index is 5.26. The Balaban J connectivity index is 2.17. The minimum Gasteiger partial charge on any atom is -0.467 e. The van der Waals surface area contributed by atoms with Gasteiger partial charge in [-0.1, -0.05) is 0 Å². The predicted octanol–water partition coefficient (Wildman–Crippen LogP) is 0.694. The molecule has 0 heterocycles. The third-order valence-corrected chi connectivity index (χ3v) is 1.91. The lowest BCUT2D eigenvalue weighted by molar-refractivity contribution is 0.193. The fraction of sp³-hybridized carbons (Fsp3) is 0.833. The quantitative estimate of drug-likeness (QED) is 0.337. The number of hydrogen-bond donors (Lipinski definition) is 2. The molecule has 1 saturated carbocycles. The number of nitrogens with two attached hydrogens (primary N) is 1. The Morgan fingerprint density at radius 2 is 2.10 bits per heavy atom. The van der Waals surface area contributed by atoms with Gasteiger partial charge in [-0.2, -0.15) is 0 Å². The van der Waals surface area contributed by atoms with E-state index in [4.69, 9.17) is 22.8 Å². The number of rotatable bonds is 1. The average Bonchev–Trinajstić information content (AvgIpc) is 2.40. The summed E-state index contributed by atoms with van der Waals surface area (Å²) in [6.45, 7) is 0. The number of hydrogen-bond acceptors (Lipinski definition) is 3. The normalized spacial score (nSPS) is 18.9. The highest BCUT2D eigenvalue weighted by atomic mass is 32.1. The van der Waals surface area contributed by atoms with Gasteiger partial charge in [-0.15, -0.1) is 0 Å². The van der Waals surface area contributed by atoms with E-state index in [0.717, 1.165) is 12.8 Å². The monoisotopic (exact) mass is 160 g/mol. The van der Waals surface area contributed by atoms with E-state index in [9.17, 15) is 0 Å². The summed E-state index contributed by atoms with van der Waals surface area (Å²) in [6, 6.07) is 0. The molecular weight excluding hydrogens is 148 g/mol. The van der Waals surface area contributed by atoms with Crippen LogP contribution in [0.5, 0.6) is 0 Å². The minimum atomic E-state index is 0.309. The molecule has 0 amide bonds. The second-order valence-corrected chi connectivity index (χ2v) is 2.83. The van der Waals surface area contributed by atoms with E-state index < -0.39 is 0 Å². The molecule has 0 spiro atoms. The lowest BCUT2D eigenvalue weighted by Gasteiger charge is -2.11. The topological polar surface area (TPSA) is 47.3 Å². The molecule has 0 radical (unpaired) electrons. The Morgan fingerprint density at radius 3 is 2.60 bits per heavy atom. The van der Waals surface area contributed by atoms with Gasteiger partial charge in [0, 0.05) is 0 Å². The van der Waals surface area contributed by atoms with Crippen LogP contribution in [-0.2, 0) is 4.74 Å². The van der Waals surface area contributed by atoms with Crippen LogP contribution in [0, 0.1) is 0 Å². The van der Waals surface area contributed by atoms with E-state index in [0.29, 0.717) is 11.3 Å². The first kappa shape index (κ1) is 7.75. The molecule has 0 aliphatic heterocycles. The fourth-order valence-electron chi connectivity index (χ4n) is 1.19. The van der Waals surface area contributed by atoms with E-state index in [2.05, 4.69) is 5.43 Å². The first-order valence-corrected chi connectivity index (χ1v) is 3.91. The van der Waals surface area contributed by atoms with Crippen molar-refractivity contribution in [3.8, 4) is 0 Å².